The van der Waals surface area contributed by atoms with E-state index in [0.29, 0.717) is 6.54 Å². The van der Waals surface area contributed by atoms with Crippen LogP contribution in [0, 0.1) is 0 Å². The van der Waals surface area contributed by atoms with Gasteiger partial charge in [-0.1, -0.05) is 6.07 Å². The van der Waals surface area contributed by atoms with Crippen LogP contribution in [0.1, 0.15) is 36.2 Å². The van der Waals surface area contributed by atoms with Gasteiger partial charge < -0.3 is 10.6 Å². The minimum absolute atomic E-state index is 0. The number of anilines is 1. The summed E-state index contributed by atoms with van der Waals surface area (Å²) in [6, 6.07) is 5.93. The molecule has 2 N–H and O–H groups in total. The molecule has 0 spiro atoms. The first-order chi connectivity index (χ1) is 9.03. The molecule has 2 rings (SSSR count). The molecule has 20 heavy (non-hydrogen) atoms. The first-order valence-electron chi connectivity index (χ1n) is 6.72. The lowest BCUT2D eigenvalue weighted by molar-refractivity contribution is 0.0950. The van der Waals surface area contributed by atoms with Gasteiger partial charge in [-0.05, 0) is 50.6 Å². The van der Waals surface area contributed by atoms with Gasteiger partial charge in [-0.15, -0.1) is 12.4 Å². The molecule has 5 heteroatoms. The summed E-state index contributed by atoms with van der Waals surface area (Å²) in [4.78, 5) is 12.3. The number of benzene rings is 1. The predicted octanol–water partition coefficient (Wildman–Crippen LogP) is 3.34. The molecule has 0 fully saturated rings. The van der Waals surface area contributed by atoms with Gasteiger partial charge in [0.2, 0.25) is 0 Å². The van der Waals surface area contributed by atoms with Crippen molar-refractivity contribution in [1.82, 2.24) is 5.32 Å². The first kappa shape index (κ1) is 17.2. The number of halogens is 1. The number of nitrogens with one attached hydrogen (secondary N) is 2. The fraction of sp³-hybridized carbons (Fsp3) is 0.533. The highest BCUT2D eigenvalue weighted by Gasteiger charge is 2.20. The molecule has 112 valence electrons. The van der Waals surface area contributed by atoms with E-state index in [4.69, 9.17) is 0 Å². The third-order valence-electron chi connectivity index (χ3n) is 3.57. The smallest absolute Gasteiger partial charge is 0.251 e. The fourth-order valence-corrected chi connectivity index (χ4v) is 2.40. The molecule has 1 aliphatic heterocycles. The summed E-state index contributed by atoms with van der Waals surface area (Å²) >= 11 is 1.77. The molecule has 0 atom stereocenters. The van der Waals surface area contributed by atoms with Crippen molar-refractivity contribution in [2.45, 2.75) is 31.4 Å². The van der Waals surface area contributed by atoms with Gasteiger partial charge >= 0.3 is 0 Å². The van der Waals surface area contributed by atoms with Gasteiger partial charge in [0.25, 0.3) is 5.91 Å². The fourth-order valence-electron chi connectivity index (χ4n) is 2.18. The molecule has 3 nitrogen and oxygen atoms in total. The van der Waals surface area contributed by atoms with E-state index in [1.807, 2.05) is 12.1 Å². The van der Waals surface area contributed by atoms with E-state index in [9.17, 15) is 4.79 Å². The molecule has 1 aromatic rings. The van der Waals surface area contributed by atoms with Gasteiger partial charge in [0.1, 0.15) is 0 Å². The first-order valence-corrected chi connectivity index (χ1v) is 7.95. The number of rotatable bonds is 4. The van der Waals surface area contributed by atoms with Crippen LogP contribution in [0.25, 0.3) is 0 Å². The molecule has 0 aromatic heterocycles. The van der Waals surface area contributed by atoms with Gasteiger partial charge in [0, 0.05) is 29.1 Å². The lowest BCUT2D eigenvalue weighted by Gasteiger charge is -2.24. The van der Waals surface area contributed by atoms with Gasteiger partial charge in [-0.2, -0.15) is 11.8 Å². The second-order valence-corrected chi connectivity index (χ2v) is 7.02. The third kappa shape index (κ3) is 4.06. The van der Waals surface area contributed by atoms with Crippen LogP contribution < -0.4 is 10.6 Å². The molecule has 0 saturated carbocycles. The van der Waals surface area contributed by atoms with Crippen molar-refractivity contribution in [2.24, 2.45) is 0 Å². The van der Waals surface area contributed by atoms with Crippen molar-refractivity contribution in [2.75, 3.05) is 24.7 Å². The van der Waals surface area contributed by atoms with Crippen molar-refractivity contribution in [3.8, 4) is 0 Å². The zero-order valence-corrected chi connectivity index (χ0v) is 13.9. The second kappa shape index (κ2) is 7.23. The average Bonchev–Trinajstić information content (AvgIpc) is 2.44. The Balaban J connectivity index is 0.00000200. The van der Waals surface area contributed by atoms with E-state index in [0.717, 1.165) is 36.2 Å². The summed E-state index contributed by atoms with van der Waals surface area (Å²) in [6.07, 6.45) is 4.14. The van der Waals surface area contributed by atoms with Crippen molar-refractivity contribution in [1.29, 1.82) is 0 Å². The largest absolute Gasteiger partial charge is 0.385 e. The molecule has 1 aromatic carbocycles. The number of amides is 1. The molecule has 1 heterocycles. The Hall–Kier alpha value is -0.870. The number of carbonyl (C=O) groups excluding carboxylic acids is 1. The average molecular weight is 315 g/mol. The molecule has 0 bridgehead atoms. The summed E-state index contributed by atoms with van der Waals surface area (Å²) in [7, 11) is 0. The van der Waals surface area contributed by atoms with E-state index in [2.05, 4.69) is 36.8 Å². The van der Waals surface area contributed by atoms with E-state index < -0.39 is 0 Å². The molecular weight excluding hydrogens is 292 g/mol. The van der Waals surface area contributed by atoms with Crippen molar-refractivity contribution < 1.29 is 4.79 Å². The van der Waals surface area contributed by atoms with Gasteiger partial charge in [-0.3, -0.25) is 4.79 Å². The summed E-state index contributed by atoms with van der Waals surface area (Å²) in [6.45, 7) is 5.96. The zero-order chi connectivity index (χ0) is 13.9. The lowest BCUT2D eigenvalue weighted by atomic mass is 9.97. The molecule has 0 unspecified atom stereocenters. The molecule has 1 aliphatic rings. The SMILES string of the molecule is CSC(C)(C)CNC(=O)c1cccc2c1CCCN2.Cl. The van der Waals surface area contributed by atoms with Crippen LogP contribution in [0.3, 0.4) is 0 Å². The Morgan fingerprint density at radius 1 is 1.45 bits per heavy atom. The number of fused-ring (bicyclic) bond motifs is 1. The number of hydrogen-bond donors (Lipinski definition) is 2. The minimum Gasteiger partial charge on any atom is -0.385 e. The number of hydrogen-bond acceptors (Lipinski definition) is 3. The summed E-state index contributed by atoms with van der Waals surface area (Å²) < 4.78 is 0.0722. The lowest BCUT2D eigenvalue weighted by Crippen LogP contribution is -2.36. The van der Waals surface area contributed by atoms with Crippen LogP contribution in [-0.2, 0) is 6.42 Å². The number of carbonyl (C=O) groups is 1. The third-order valence-corrected chi connectivity index (χ3v) is 4.82. The van der Waals surface area contributed by atoms with Crippen molar-refractivity contribution in [3.63, 3.8) is 0 Å². The maximum absolute atomic E-state index is 12.3. The van der Waals surface area contributed by atoms with Crippen LogP contribution in [0.2, 0.25) is 0 Å². The van der Waals surface area contributed by atoms with E-state index >= 15 is 0 Å². The highest BCUT2D eigenvalue weighted by atomic mass is 35.5. The standard InChI is InChI=1S/C15H22N2OS.ClH/c1-15(2,19-3)10-17-14(18)12-6-4-8-13-11(12)7-5-9-16-13;/h4,6,8,16H,5,7,9-10H2,1-3H3,(H,17,18);1H. The van der Waals surface area contributed by atoms with Gasteiger partial charge in [0.05, 0.1) is 0 Å². The number of thioether (sulfide) groups is 1. The predicted molar refractivity (Wildman–Crippen MR) is 90.4 cm³/mol. The monoisotopic (exact) mass is 314 g/mol. The van der Waals surface area contributed by atoms with Crippen LogP contribution in [-0.4, -0.2) is 30.0 Å². The molecule has 1 amide bonds. The van der Waals surface area contributed by atoms with Crippen LogP contribution in [0.15, 0.2) is 18.2 Å². The highest BCUT2D eigenvalue weighted by Crippen LogP contribution is 2.25. The normalized spacial score (nSPS) is 13.8. The molecule has 0 radical (unpaired) electrons. The maximum Gasteiger partial charge on any atom is 0.251 e. The van der Waals surface area contributed by atoms with E-state index in [-0.39, 0.29) is 23.1 Å². The Morgan fingerprint density at radius 2 is 2.20 bits per heavy atom. The molecular formula is C15H23ClN2OS. The van der Waals surface area contributed by atoms with Crippen LogP contribution in [0.5, 0.6) is 0 Å². The summed E-state index contributed by atoms with van der Waals surface area (Å²) in [5, 5.41) is 6.41. The molecule has 0 aliphatic carbocycles. The van der Waals surface area contributed by atoms with E-state index in [1.54, 1.807) is 11.8 Å². The van der Waals surface area contributed by atoms with Gasteiger partial charge in [0.15, 0.2) is 0 Å². The quantitative estimate of drug-likeness (QED) is 0.895. The Morgan fingerprint density at radius 3 is 2.90 bits per heavy atom. The van der Waals surface area contributed by atoms with E-state index in [1.165, 1.54) is 0 Å². The minimum atomic E-state index is 0. The van der Waals surface area contributed by atoms with Crippen LogP contribution >= 0.6 is 24.2 Å². The Kier molecular flexibility index (Phi) is 6.21. The van der Waals surface area contributed by atoms with Crippen molar-refractivity contribution in [3.05, 3.63) is 29.3 Å². The van der Waals surface area contributed by atoms with Gasteiger partial charge in [-0.25, -0.2) is 0 Å². The topological polar surface area (TPSA) is 41.1 Å². The Bertz CT molecular complexity index is 477. The van der Waals surface area contributed by atoms with Crippen molar-refractivity contribution >= 4 is 35.8 Å². The summed E-state index contributed by atoms with van der Waals surface area (Å²) in [5.41, 5.74) is 3.10. The maximum atomic E-state index is 12.3. The highest BCUT2D eigenvalue weighted by molar-refractivity contribution is 7.99. The second-order valence-electron chi connectivity index (χ2n) is 5.51. The summed E-state index contributed by atoms with van der Waals surface area (Å²) in [5.74, 6) is 0.0441. The molecule has 0 saturated heterocycles. The Labute approximate surface area is 131 Å². The zero-order valence-electron chi connectivity index (χ0n) is 12.3. The van der Waals surface area contributed by atoms with Crippen LogP contribution in [0.4, 0.5) is 5.69 Å².